The number of nitrogens with zero attached hydrogens (tertiary/aromatic N) is 2. The maximum atomic E-state index is 14.5. The maximum absolute atomic E-state index is 14.5. The largest absolute Gasteiger partial charge is 0.367 e. The Balaban J connectivity index is 1.42. The zero-order valence-electron chi connectivity index (χ0n) is 17.3. The van der Waals surface area contributed by atoms with Crippen LogP contribution in [0.1, 0.15) is 27.6 Å². The summed E-state index contributed by atoms with van der Waals surface area (Å²) in [6, 6.07) is 12.5. The van der Waals surface area contributed by atoms with E-state index in [2.05, 4.69) is 5.32 Å². The maximum Gasteiger partial charge on any atom is 0.256 e. The first-order valence-corrected chi connectivity index (χ1v) is 11.6. The molecule has 2 aliphatic heterocycles. The molecule has 0 unspecified atom stereocenters. The van der Waals surface area contributed by atoms with Gasteiger partial charge in [-0.25, -0.2) is 12.8 Å². The number of hydrogen-bond donors (Lipinski definition) is 1. The van der Waals surface area contributed by atoms with Gasteiger partial charge in [-0.15, -0.1) is 0 Å². The molecule has 7 nitrogen and oxygen atoms in total. The van der Waals surface area contributed by atoms with Crippen LogP contribution in [-0.4, -0.2) is 50.6 Å². The Morgan fingerprint density at radius 2 is 1.78 bits per heavy atom. The summed E-state index contributed by atoms with van der Waals surface area (Å²) in [4.78, 5) is 25.5. The van der Waals surface area contributed by atoms with Crippen LogP contribution in [0.25, 0.3) is 10.8 Å². The second-order valence-corrected chi connectivity index (χ2v) is 9.81. The molecule has 5 rings (SSSR count). The van der Waals surface area contributed by atoms with Crippen molar-refractivity contribution < 1.29 is 22.4 Å². The molecule has 0 saturated carbocycles. The molecule has 2 aliphatic rings. The van der Waals surface area contributed by atoms with Crippen LogP contribution in [0.15, 0.2) is 53.4 Å². The molecule has 3 aromatic carbocycles. The average Bonchev–Trinajstić information content (AvgIpc) is 3.11. The molecule has 0 radical (unpaired) electrons. The van der Waals surface area contributed by atoms with Gasteiger partial charge in [0.25, 0.3) is 5.91 Å². The fourth-order valence-corrected chi connectivity index (χ4v) is 5.99. The number of hydrogen-bond acceptors (Lipinski definition) is 5. The number of nitrogens with one attached hydrogen (secondary N) is 1. The van der Waals surface area contributed by atoms with Gasteiger partial charge in [-0.3, -0.25) is 9.59 Å². The number of rotatable bonds is 4. The van der Waals surface area contributed by atoms with Crippen molar-refractivity contribution in [1.82, 2.24) is 4.31 Å². The van der Waals surface area contributed by atoms with Gasteiger partial charge in [-0.05, 0) is 43.3 Å². The Bertz CT molecular complexity index is 1400. The molecule has 1 saturated heterocycles. The first-order valence-electron chi connectivity index (χ1n) is 10.2. The van der Waals surface area contributed by atoms with Crippen LogP contribution in [-0.2, 0) is 10.0 Å². The molecular weight excluding hydrogens is 433 g/mol. The summed E-state index contributed by atoms with van der Waals surface area (Å²) in [7, 11) is -3.82. The van der Waals surface area contributed by atoms with Crippen molar-refractivity contribution in [3.8, 4) is 0 Å². The van der Waals surface area contributed by atoms with E-state index in [0.717, 1.165) is 0 Å². The van der Waals surface area contributed by atoms with Crippen molar-refractivity contribution in [2.75, 3.05) is 36.4 Å². The number of piperazine rings is 1. The normalized spacial score (nSPS) is 16.4. The minimum Gasteiger partial charge on any atom is -0.367 e. The third-order valence-electron chi connectivity index (χ3n) is 6.04. The molecule has 2 heterocycles. The zero-order valence-corrected chi connectivity index (χ0v) is 18.1. The van der Waals surface area contributed by atoms with Crippen molar-refractivity contribution in [3.05, 3.63) is 65.5 Å². The van der Waals surface area contributed by atoms with Gasteiger partial charge in [-0.2, -0.15) is 4.31 Å². The quantitative estimate of drug-likeness (QED) is 0.613. The van der Waals surface area contributed by atoms with Crippen molar-refractivity contribution in [3.63, 3.8) is 0 Å². The molecule has 9 heteroatoms. The predicted molar refractivity (Wildman–Crippen MR) is 119 cm³/mol. The smallest absolute Gasteiger partial charge is 0.256 e. The molecule has 0 aliphatic carbocycles. The summed E-state index contributed by atoms with van der Waals surface area (Å²) in [6.07, 6.45) is 0. The summed E-state index contributed by atoms with van der Waals surface area (Å²) in [6.45, 7) is 2.39. The molecule has 3 aromatic rings. The van der Waals surface area contributed by atoms with Gasteiger partial charge in [0, 0.05) is 53.8 Å². The number of benzene rings is 3. The molecule has 1 amide bonds. The molecule has 1 N–H and O–H groups in total. The van der Waals surface area contributed by atoms with Crippen LogP contribution in [0.3, 0.4) is 0 Å². The fraction of sp³-hybridized carbons (Fsp3) is 0.217. The van der Waals surface area contributed by atoms with Crippen LogP contribution in [0, 0.1) is 5.82 Å². The topological polar surface area (TPSA) is 86.8 Å². The van der Waals surface area contributed by atoms with Crippen LogP contribution < -0.4 is 10.2 Å². The van der Waals surface area contributed by atoms with E-state index in [4.69, 9.17) is 0 Å². The van der Waals surface area contributed by atoms with Gasteiger partial charge in [0.1, 0.15) is 5.82 Å². The van der Waals surface area contributed by atoms with Gasteiger partial charge < -0.3 is 10.2 Å². The van der Waals surface area contributed by atoms with E-state index in [9.17, 15) is 22.4 Å². The van der Waals surface area contributed by atoms with Crippen molar-refractivity contribution >= 4 is 43.9 Å². The van der Waals surface area contributed by atoms with E-state index in [1.807, 2.05) is 0 Å². The van der Waals surface area contributed by atoms with E-state index in [1.54, 1.807) is 41.3 Å². The van der Waals surface area contributed by atoms with Crippen LogP contribution in [0.5, 0.6) is 0 Å². The highest BCUT2D eigenvalue weighted by Gasteiger charge is 2.32. The predicted octanol–water partition coefficient (Wildman–Crippen LogP) is 3.26. The van der Waals surface area contributed by atoms with Crippen LogP contribution in [0.2, 0.25) is 0 Å². The van der Waals surface area contributed by atoms with E-state index in [-0.39, 0.29) is 29.7 Å². The minimum atomic E-state index is -3.82. The first kappa shape index (κ1) is 20.6. The van der Waals surface area contributed by atoms with E-state index >= 15 is 0 Å². The molecular formula is C23H20FN3O4S. The van der Waals surface area contributed by atoms with E-state index in [1.165, 1.54) is 23.4 Å². The Morgan fingerprint density at radius 1 is 1.03 bits per heavy atom. The number of ketones is 1. The zero-order chi connectivity index (χ0) is 22.6. The Morgan fingerprint density at radius 3 is 2.47 bits per heavy atom. The molecule has 0 spiro atoms. The van der Waals surface area contributed by atoms with Gasteiger partial charge in [0.05, 0.1) is 10.6 Å². The fourth-order valence-electron chi connectivity index (χ4n) is 4.38. The first-order chi connectivity index (χ1) is 15.3. The third kappa shape index (κ3) is 3.16. The van der Waals surface area contributed by atoms with Gasteiger partial charge in [0.2, 0.25) is 10.0 Å². The van der Waals surface area contributed by atoms with E-state index in [0.29, 0.717) is 46.4 Å². The lowest BCUT2D eigenvalue weighted by Crippen LogP contribution is -2.49. The van der Waals surface area contributed by atoms with E-state index < -0.39 is 15.8 Å². The molecule has 0 aromatic heterocycles. The summed E-state index contributed by atoms with van der Waals surface area (Å²) in [5, 5.41) is 3.88. The second-order valence-electron chi connectivity index (χ2n) is 7.91. The number of halogens is 1. The average molecular weight is 453 g/mol. The standard InChI is InChI=1S/C23H20FN3O4S/c1-14(28)15-5-7-20(18(24)13-15)26-9-11-27(12-10-26)32(30,31)21-8-6-19-22-16(21)3-2-4-17(22)23(29)25-19/h2-8,13H,9-12H2,1H3,(H,25,29). The lowest BCUT2D eigenvalue weighted by Gasteiger charge is -2.35. The van der Waals surface area contributed by atoms with Crippen molar-refractivity contribution in [2.45, 2.75) is 11.8 Å². The summed E-state index contributed by atoms with van der Waals surface area (Å²) in [5.74, 6) is -0.959. The van der Waals surface area contributed by atoms with Gasteiger partial charge in [0.15, 0.2) is 5.78 Å². The monoisotopic (exact) mass is 453 g/mol. The minimum absolute atomic E-state index is 0.153. The SMILES string of the molecule is CC(=O)c1ccc(N2CCN(S(=O)(=O)c3ccc4c5c(cccc35)C(=O)N4)CC2)c(F)c1. The lowest BCUT2D eigenvalue weighted by molar-refractivity contribution is 0.101. The molecule has 1 fully saturated rings. The Labute approximate surface area is 184 Å². The van der Waals surface area contributed by atoms with Crippen molar-refractivity contribution in [2.24, 2.45) is 0 Å². The highest BCUT2D eigenvalue weighted by Crippen LogP contribution is 2.37. The number of Topliss-reactive ketones (excluding diaryl/α,β-unsaturated/α-hetero) is 1. The molecule has 0 atom stereocenters. The number of carbonyl (C=O) groups is 2. The second kappa shape index (κ2) is 7.39. The number of anilines is 2. The van der Waals surface area contributed by atoms with Gasteiger partial charge >= 0.3 is 0 Å². The molecule has 32 heavy (non-hydrogen) atoms. The highest BCUT2D eigenvalue weighted by molar-refractivity contribution is 7.89. The summed E-state index contributed by atoms with van der Waals surface area (Å²) < 4.78 is 42.8. The number of amides is 1. The van der Waals surface area contributed by atoms with Crippen LogP contribution >= 0.6 is 0 Å². The van der Waals surface area contributed by atoms with Crippen molar-refractivity contribution in [1.29, 1.82) is 0 Å². The Hall–Kier alpha value is -3.30. The lowest BCUT2D eigenvalue weighted by atomic mass is 10.1. The number of carbonyl (C=O) groups excluding carboxylic acids is 2. The summed E-state index contributed by atoms with van der Waals surface area (Å²) >= 11 is 0. The molecule has 0 bridgehead atoms. The third-order valence-corrected chi connectivity index (χ3v) is 8.00. The summed E-state index contributed by atoms with van der Waals surface area (Å²) in [5.41, 5.74) is 1.71. The van der Waals surface area contributed by atoms with Gasteiger partial charge in [-0.1, -0.05) is 12.1 Å². The highest BCUT2D eigenvalue weighted by atomic mass is 32.2. The van der Waals surface area contributed by atoms with Crippen LogP contribution in [0.4, 0.5) is 15.8 Å². The molecule has 164 valence electrons. The Kier molecular flexibility index (Phi) is 4.75. The number of sulfonamides is 1.